The molecular formula is C20H20N6O. The van der Waals surface area contributed by atoms with E-state index in [4.69, 9.17) is 0 Å². The Balaban J connectivity index is 1.75. The fourth-order valence-corrected chi connectivity index (χ4v) is 2.95. The highest BCUT2D eigenvalue weighted by Gasteiger charge is 2.17. The molecule has 0 spiro atoms. The minimum Gasteiger partial charge on any atom is -0.347 e. The van der Waals surface area contributed by atoms with Gasteiger partial charge in [0.05, 0.1) is 17.4 Å². The van der Waals surface area contributed by atoms with E-state index in [1.165, 1.54) is 0 Å². The van der Waals surface area contributed by atoms with Crippen molar-refractivity contribution in [2.45, 2.75) is 26.3 Å². The molecule has 2 aromatic carbocycles. The first-order chi connectivity index (χ1) is 12.9. The molecule has 1 amide bonds. The number of carbonyl (C=O) groups is 1. The van der Waals surface area contributed by atoms with Gasteiger partial charge in [-0.3, -0.25) is 9.89 Å². The summed E-state index contributed by atoms with van der Waals surface area (Å²) in [5, 5.41) is 22.1. The maximum atomic E-state index is 12.5. The lowest BCUT2D eigenvalue weighted by Gasteiger charge is -2.20. The van der Waals surface area contributed by atoms with Crippen molar-refractivity contribution in [2.75, 3.05) is 0 Å². The number of carbonyl (C=O) groups excluding carboxylic acids is 1. The van der Waals surface area contributed by atoms with Crippen molar-refractivity contribution in [1.29, 1.82) is 0 Å². The summed E-state index contributed by atoms with van der Waals surface area (Å²) in [6, 6.07) is 13.4. The molecule has 0 aliphatic carbocycles. The molecule has 0 unspecified atom stereocenters. The first-order valence-corrected chi connectivity index (χ1v) is 8.68. The van der Waals surface area contributed by atoms with Gasteiger partial charge < -0.3 is 5.32 Å². The van der Waals surface area contributed by atoms with E-state index in [0.717, 1.165) is 33.4 Å². The van der Waals surface area contributed by atoms with Crippen LogP contribution in [0.1, 0.15) is 31.1 Å². The van der Waals surface area contributed by atoms with Crippen LogP contribution in [-0.2, 0) is 0 Å². The Morgan fingerprint density at radius 2 is 1.89 bits per heavy atom. The number of nitrogens with one attached hydrogen (secondary N) is 3. The maximum absolute atomic E-state index is 12.5. The smallest absolute Gasteiger partial charge is 0.251 e. The Morgan fingerprint density at radius 3 is 2.63 bits per heavy atom. The SMILES string of the molecule is CC(C)(C)NC(=O)c1cccc(-c2n[nH]c3ccc(-c4cn[nH]n4)cc23)c1. The molecule has 0 bridgehead atoms. The second-order valence-corrected chi connectivity index (χ2v) is 7.47. The van der Waals surface area contributed by atoms with Crippen LogP contribution in [-0.4, -0.2) is 37.1 Å². The standard InChI is InChI=1S/C20H20N6O/c1-20(2,3)22-19(27)14-6-4-5-13(9-14)18-15-10-12(17-11-21-26-24-17)7-8-16(15)23-25-18/h4-11H,1-3H3,(H,22,27)(H,23,25)(H,21,24,26). The lowest BCUT2D eigenvalue weighted by molar-refractivity contribution is 0.0919. The minimum absolute atomic E-state index is 0.104. The molecule has 4 aromatic rings. The first-order valence-electron chi connectivity index (χ1n) is 8.68. The van der Waals surface area contributed by atoms with Crippen LogP contribution in [0.4, 0.5) is 0 Å². The monoisotopic (exact) mass is 360 g/mol. The quantitative estimate of drug-likeness (QED) is 0.520. The van der Waals surface area contributed by atoms with Crippen molar-refractivity contribution in [3.8, 4) is 22.5 Å². The normalized spacial score (nSPS) is 11.7. The molecule has 0 saturated carbocycles. The molecule has 0 atom stereocenters. The third-order valence-corrected chi connectivity index (χ3v) is 4.16. The fourth-order valence-electron chi connectivity index (χ4n) is 2.95. The van der Waals surface area contributed by atoms with Crippen LogP contribution in [0.25, 0.3) is 33.4 Å². The Labute approximate surface area is 156 Å². The van der Waals surface area contributed by atoms with Crippen LogP contribution in [0.15, 0.2) is 48.7 Å². The first kappa shape index (κ1) is 17.0. The number of amides is 1. The molecule has 27 heavy (non-hydrogen) atoms. The molecule has 0 radical (unpaired) electrons. The van der Waals surface area contributed by atoms with Gasteiger partial charge in [0.2, 0.25) is 0 Å². The predicted molar refractivity (Wildman–Crippen MR) is 104 cm³/mol. The van der Waals surface area contributed by atoms with E-state index in [0.29, 0.717) is 5.56 Å². The zero-order chi connectivity index (χ0) is 19.0. The van der Waals surface area contributed by atoms with Crippen LogP contribution in [0.3, 0.4) is 0 Å². The van der Waals surface area contributed by atoms with E-state index in [-0.39, 0.29) is 11.4 Å². The summed E-state index contributed by atoms with van der Waals surface area (Å²) in [6.45, 7) is 5.88. The molecule has 0 aliphatic heterocycles. The van der Waals surface area contributed by atoms with Crippen molar-refractivity contribution in [2.24, 2.45) is 0 Å². The third-order valence-electron chi connectivity index (χ3n) is 4.16. The highest BCUT2D eigenvalue weighted by molar-refractivity contribution is 5.99. The van der Waals surface area contributed by atoms with Gasteiger partial charge in [-0.1, -0.05) is 18.2 Å². The van der Waals surface area contributed by atoms with Crippen LogP contribution in [0.5, 0.6) is 0 Å². The predicted octanol–water partition coefficient (Wildman–Crippen LogP) is 3.54. The van der Waals surface area contributed by atoms with Crippen molar-refractivity contribution in [1.82, 2.24) is 30.9 Å². The van der Waals surface area contributed by atoms with Gasteiger partial charge in [-0.2, -0.15) is 20.5 Å². The van der Waals surface area contributed by atoms with Gasteiger partial charge in [-0.05, 0) is 45.0 Å². The average molecular weight is 360 g/mol. The van der Waals surface area contributed by atoms with E-state index in [2.05, 4.69) is 30.9 Å². The zero-order valence-corrected chi connectivity index (χ0v) is 15.4. The van der Waals surface area contributed by atoms with Gasteiger partial charge in [-0.25, -0.2) is 0 Å². The number of hydrogen-bond donors (Lipinski definition) is 3. The molecule has 7 nitrogen and oxygen atoms in total. The number of rotatable bonds is 3. The second kappa shape index (κ2) is 6.35. The Bertz CT molecular complexity index is 1110. The van der Waals surface area contributed by atoms with Gasteiger partial charge in [0.15, 0.2) is 0 Å². The summed E-state index contributed by atoms with van der Waals surface area (Å²) >= 11 is 0. The molecule has 4 rings (SSSR count). The number of benzene rings is 2. The van der Waals surface area contributed by atoms with E-state index in [9.17, 15) is 4.79 Å². The van der Waals surface area contributed by atoms with E-state index >= 15 is 0 Å². The Kier molecular flexibility index (Phi) is 3.99. The van der Waals surface area contributed by atoms with Gasteiger partial charge in [0, 0.05) is 27.6 Å². The maximum Gasteiger partial charge on any atom is 0.251 e. The molecule has 0 fully saturated rings. The fraction of sp³-hybridized carbons (Fsp3) is 0.200. The highest BCUT2D eigenvalue weighted by atomic mass is 16.1. The van der Waals surface area contributed by atoms with Crippen molar-refractivity contribution in [3.63, 3.8) is 0 Å². The van der Waals surface area contributed by atoms with Gasteiger partial charge >= 0.3 is 0 Å². The number of aromatic amines is 2. The average Bonchev–Trinajstić information content (AvgIpc) is 3.29. The van der Waals surface area contributed by atoms with Crippen LogP contribution >= 0.6 is 0 Å². The second-order valence-electron chi connectivity index (χ2n) is 7.47. The van der Waals surface area contributed by atoms with Crippen LogP contribution < -0.4 is 5.32 Å². The van der Waals surface area contributed by atoms with Gasteiger partial charge in [0.1, 0.15) is 5.69 Å². The van der Waals surface area contributed by atoms with Crippen molar-refractivity contribution in [3.05, 3.63) is 54.2 Å². The molecule has 3 N–H and O–H groups in total. The summed E-state index contributed by atoms with van der Waals surface area (Å²) in [6.07, 6.45) is 1.68. The van der Waals surface area contributed by atoms with Crippen LogP contribution in [0.2, 0.25) is 0 Å². The molecule has 2 aromatic heterocycles. The van der Waals surface area contributed by atoms with E-state index in [1.54, 1.807) is 12.3 Å². The minimum atomic E-state index is -0.293. The summed E-state index contributed by atoms with van der Waals surface area (Å²) < 4.78 is 0. The molecule has 0 aliphatic rings. The van der Waals surface area contributed by atoms with Gasteiger partial charge in [0.25, 0.3) is 5.91 Å². The summed E-state index contributed by atoms with van der Waals surface area (Å²) in [5.74, 6) is -0.104. The van der Waals surface area contributed by atoms with Crippen molar-refractivity contribution >= 4 is 16.8 Å². The number of fused-ring (bicyclic) bond motifs is 1. The van der Waals surface area contributed by atoms with Gasteiger partial charge in [-0.15, -0.1) is 0 Å². The Morgan fingerprint density at radius 1 is 1.04 bits per heavy atom. The summed E-state index contributed by atoms with van der Waals surface area (Å²) in [7, 11) is 0. The molecule has 0 saturated heterocycles. The topological polar surface area (TPSA) is 99.4 Å². The summed E-state index contributed by atoms with van der Waals surface area (Å²) in [5.41, 5.74) is 4.61. The zero-order valence-electron chi connectivity index (χ0n) is 15.4. The molecular weight excluding hydrogens is 340 g/mol. The molecule has 2 heterocycles. The van der Waals surface area contributed by atoms with Crippen LogP contribution in [0, 0.1) is 0 Å². The third kappa shape index (κ3) is 3.44. The summed E-state index contributed by atoms with van der Waals surface area (Å²) in [4.78, 5) is 12.5. The van der Waals surface area contributed by atoms with Crippen molar-refractivity contribution < 1.29 is 4.79 Å². The largest absolute Gasteiger partial charge is 0.347 e. The number of aromatic nitrogens is 5. The number of H-pyrrole nitrogens is 2. The molecule has 7 heteroatoms. The molecule has 136 valence electrons. The lowest BCUT2D eigenvalue weighted by atomic mass is 10.0. The Hall–Kier alpha value is -3.48. The lowest BCUT2D eigenvalue weighted by Crippen LogP contribution is -2.40. The highest BCUT2D eigenvalue weighted by Crippen LogP contribution is 2.30. The number of hydrogen-bond acceptors (Lipinski definition) is 4. The number of nitrogens with zero attached hydrogens (tertiary/aromatic N) is 3. The van der Waals surface area contributed by atoms with E-state index < -0.39 is 0 Å². The van der Waals surface area contributed by atoms with E-state index in [1.807, 2.05) is 57.2 Å².